The van der Waals surface area contributed by atoms with Crippen molar-refractivity contribution in [2.45, 2.75) is 18.7 Å². The Morgan fingerprint density at radius 3 is 2.30 bits per heavy atom. The molecule has 0 amide bonds. The van der Waals surface area contributed by atoms with Crippen molar-refractivity contribution in [2.24, 2.45) is 0 Å². The van der Waals surface area contributed by atoms with Crippen LogP contribution in [0.2, 0.25) is 0 Å². The Kier molecular flexibility index (Phi) is 5.27. The fraction of sp³-hybridized carbons (Fsp3) is 0.400. The van der Waals surface area contributed by atoms with Gasteiger partial charge in [0.2, 0.25) is 10.0 Å². The third kappa shape index (κ3) is 3.83. The number of likely N-dealkylation sites (N-methyl/N-ethyl adjacent to an activating group) is 1. The molecule has 1 heterocycles. The van der Waals surface area contributed by atoms with Crippen molar-refractivity contribution in [2.75, 3.05) is 27.3 Å². The lowest BCUT2D eigenvalue weighted by Crippen LogP contribution is -2.31. The average molecular weight is 340 g/mol. The van der Waals surface area contributed by atoms with E-state index in [0.717, 1.165) is 5.75 Å². The number of nitrogens with zero attached hydrogens (tertiary/aromatic N) is 2. The summed E-state index contributed by atoms with van der Waals surface area (Å²) in [6.45, 7) is 3.61. The predicted molar refractivity (Wildman–Crippen MR) is 84.3 cm³/mol. The molecule has 2 aromatic rings. The molecule has 1 aromatic carbocycles. The van der Waals surface area contributed by atoms with Gasteiger partial charge in [0, 0.05) is 13.6 Å². The van der Waals surface area contributed by atoms with Crippen molar-refractivity contribution in [1.82, 2.24) is 9.46 Å². The molecule has 1 aromatic heterocycles. The minimum Gasteiger partial charge on any atom is -0.497 e. The molecule has 0 fully saturated rings. The standard InChI is InChI=1S/C15H20N2O5S/c1-11-15(12(2)22-16-11)23(18,19)17(3)9-10-21-14-7-5-13(20-4)6-8-14/h5-8H,9-10H2,1-4H3. The number of aryl methyl sites for hydroxylation is 2. The highest BCUT2D eigenvalue weighted by Crippen LogP contribution is 2.22. The highest BCUT2D eigenvalue weighted by molar-refractivity contribution is 7.89. The van der Waals surface area contributed by atoms with Gasteiger partial charge < -0.3 is 14.0 Å². The lowest BCUT2D eigenvalue weighted by atomic mass is 10.3. The predicted octanol–water partition coefficient (Wildman–Crippen LogP) is 2.00. The summed E-state index contributed by atoms with van der Waals surface area (Å²) < 4.78 is 41.8. The van der Waals surface area contributed by atoms with Gasteiger partial charge in [0.15, 0.2) is 5.76 Å². The molecule has 0 aliphatic rings. The van der Waals surface area contributed by atoms with Gasteiger partial charge >= 0.3 is 0 Å². The second-order valence-corrected chi connectivity index (χ2v) is 6.99. The number of ether oxygens (including phenoxy) is 2. The van der Waals surface area contributed by atoms with Crippen LogP contribution in [-0.2, 0) is 10.0 Å². The Bertz CT molecular complexity index is 733. The summed E-state index contributed by atoms with van der Waals surface area (Å²) in [6.07, 6.45) is 0. The first-order valence-corrected chi connectivity index (χ1v) is 8.46. The van der Waals surface area contributed by atoms with Crippen LogP contribution in [0, 0.1) is 13.8 Å². The normalized spacial score (nSPS) is 11.7. The third-order valence-electron chi connectivity index (χ3n) is 3.37. The van der Waals surface area contributed by atoms with Crippen molar-refractivity contribution in [3.8, 4) is 11.5 Å². The molecule has 0 N–H and O–H groups in total. The number of benzene rings is 1. The minimum absolute atomic E-state index is 0.115. The fourth-order valence-electron chi connectivity index (χ4n) is 2.08. The van der Waals surface area contributed by atoms with Crippen molar-refractivity contribution >= 4 is 10.0 Å². The number of hydrogen-bond acceptors (Lipinski definition) is 6. The van der Waals surface area contributed by atoms with Gasteiger partial charge in [-0.3, -0.25) is 0 Å². The Morgan fingerprint density at radius 1 is 1.17 bits per heavy atom. The Hall–Kier alpha value is -2.06. The summed E-state index contributed by atoms with van der Waals surface area (Å²) in [5.41, 5.74) is 0.352. The van der Waals surface area contributed by atoms with E-state index in [0.29, 0.717) is 11.4 Å². The van der Waals surface area contributed by atoms with E-state index in [1.807, 2.05) is 0 Å². The highest BCUT2D eigenvalue weighted by atomic mass is 32.2. The highest BCUT2D eigenvalue weighted by Gasteiger charge is 2.28. The van der Waals surface area contributed by atoms with E-state index < -0.39 is 10.0 Å². The topological polar surface area (TPSA) is 81.9 Å². The lowest BCUT2D eigenvalue weighted by Gasteiger charge is -2.17. The molecule has 2 rings (SSSR count). The van der Waals surface area contributed by atoms with Gasteiger partial charge in [-0.1, -0.05) is 5.16 Å². The van der Waals surface area contributed by atoms with Gasteiger partial charge in [-0.25, -0.2) is 8.42 Å². The maximum Gasteiger partial charge on any atom is 0.248 e. The second kappa shape index (κ2) is 7.01. The van der Waals surface area contributed by atoms with Crippen LogP contribution in [0.3, 0.4) is 0 Å². The van der Waals surface area contributed by atoms with Gasteiger partial charge in [-0.2, -0.15) is 4.31 Å². The number of sulfonamides is 1. The molecule has 0 unspecified atom stereocenters. The average Bonchev–Trinajstić information content (AvgIpc) is 2.87. The lowest BCUT2D eigenvalue weighted by molar-refractivity contribution is 0.286. The molecule has 0 radical (unpaired) electrons. The molecule has 0 saturated carbocycles. The van der Waals surface area contributed by atoms with Crippen molar-refractivity contribution in [3.63, 3.8) is 0 Å². The smallest absolute Gasteiger partial charge is 0.248 e. The molecule has 0 spiro atoms. The molecular weight excluding hydrogens is 320 g/mol. The van der Waals surface area contributed by atoms with E-state index in [9.17, 15) is 8.42 Å². The van der Waals surface area contributed by atoms with Crippen LogP contribution >= 0.6 is 0 Å². The molecule has 8 heteroatoms. The summed E-state index contributed by atoms with van der Waals surface area (Å²) in [5, 5.41) is 3.69. The summed E-state index contributed by atoms with van der Waals surface area (Å²) >= 11 is 0. The minimum atomic E-state index is -3.65. The second-order valence-electron chi connectivity index (χ2n) is 5.00. The third-order valence-corrected chi connectivity index (χ3v) is 5.47. The zero-order chi connectivity index (χ0) is 17.0. The van der Waals surface area contributed by atoms with Crippen LogP contribution in [0.1, 0.15) is 11.5 Å². The molecular formula is C15H20N2O5S. The van der Waals surface area contributed by atoms with E-state index in [2.05, 4.69) is 5.16 Å². The SMILES string of the molecule is COc1ccc(OCCN(C)S(=O)(=O)c2c(C)noc2C)cc1. The van der Waals surface area contributed by atoms with E-state index in [1.54, 1.807) is 45.2 Å². The van der Waals surface area contributed by atoms with Gasteiger partial charge in [-0.15, -0.1) is 0 Å². The molecule has 7 nitrogen and oxygen atoms in total. The molecule has 23 heavy (non-hydrogen) atoms. The van der Waals surface area contributed by atoms with Crippen LogP contribution in [0.4, 0.5) is 0 Å². The first-order valence-electron chi connectivity index (χ1n) is 7.02. The fourth-order valence-corrected chi connectivity index (χ4v) is 3.52. The van der Waals surface area contributed by atoms with E-state index >= 15 is 0 Å². The molecule has 0 bridgehead atoms. The van der Waals surface area contributed by atoms with Crippen LogP contribution in [-0.4, -0.2) is 45.2 Å². The van der Waals surface area contributed by atoms with Crippen LogP contribution in [0.5, 0.6) is 11.5 Å². The molecule has 0 saturated heterocycles. The van der Waals surface area contributed by atoms with Gasteiger partial charge in [0.25, 0.3) is 0 Å². The summed E-state index contributed by atoms with van der Waals surface area (Å²) in [4.78, 5) is 0.115. The van der Waals surface area contributed by atoms with Crippen LogP contribution in [0.25, 0.3) is 0 Å². The van der Waals surface area contributed by atoms with Crippen molar-refractivity contribution in [3.05, 3.63) is 35.7 Å². The number of methoxy groups -OCH3 is 1. The van der Waals surface area contributed by atoms with Crippen molar-refractivity contribution < 1.29 is 22.4 Å². The zero-order valence-electron chi connectivity index (χ0n) is 13.6. The Balaban J connectivity index is 1.97. The largest absolute Gasteiger partial charge is 0.497 e. The van der Waals surface area contributed by atoms with E-state index in [-0.39, 0.29) is 23.8 Å². The molecule has 0 aliphatic heterocycles. The molecule has 0 aliphatic carbocycles. The van der Waals surface area contributed by atoms with Crippen LogP contribution < -0.4 is 9.47 Å². The Morgan fingerprint density at radius 2 is 1.78 bits per heavy atom. The number of hydrogen-bond donors (Lipinski definition) is 0. The van der Waals surface area contributed by atoms with Gasteiger partial charge in [0.1, 0.15) is 28.7 Å². The zero-order valence-corrected chi connectivity index (χ0v) is 14.4. The van der Waals surface area contributed by atoms with Crippen molar-refractivity contribution in [1.29, 1.82) is 0 Å². The van der Waals surface area contributed by atoms with Gasteiger partial charge in [-0.05, 0) is 38.1 Å². The van der Waals surface area contributed by atoms with Crippen LogP contribution in [0.15, 0.2) is 33.7 Å². The maximum atomic E-state index is 12.5. The summed E-state index contributed by atoms with van der Waals surface area (Å²) in [7, 11) is -0.559. The van der Waals surface area contributed by atoms with E-state index in [4.69, 9.17) is 14.0 Å². The monoisotopic (exact) mass is 340 g/mol. The summed E-state index contributed by atoms with van der Waals surface area (Å²) in [5.74, 6) is 1.66. The molecule has 126 valence electrons. The first-order chi connectivity index (χ1) is 10.9. The van der Waals surface area contributed by atoms with E-state index in [1.165, 1.54) is 11.4 Å². The number of rotatable bonds is 7. The maximum absolute atomic E-state index is 12.5. The van der Waals surface area contributed by atoms with Gasteiger partial charge in [0.05, 0.1) is 7.11 Å². The Labute approximate surface area is 135 Å². The number of aromatic nitrogens is 1. The quantitative estimate of drug-likeness (QED) is 0.767. The summed E-state index contributed by atoms with van der Waals surface area (Å²) in [6, 6.07) is 7.09. The first kappa shape index (κ1) is 17.3. The molecule has 0 atom stereocenters.